The highest BCUT2D eigenvalue weighted by Gasteiger charge is 2.14. The van der Waals surface area contributed by atoms with Crippen LogP contribution in [0.25, 0.3) is 0 Å². The zero-order valence-electron chi connectivity index (χ0n) is 7.58. The van der Waals surface area contributed by atoms with Crippen molar-refractivity contribution in [3.8, 4) is 0 Å². The van der Waals surface area contributed by atoms with Crippen LogP contribution in [0.15, 0.2) is 24.7 Å². The maximum atomic E-state index is 9.95. The highest BCUT2D eigenvalue weighted by atomic mass is 32.1. The van der Waals surface area contributed by atoms with E-state index < -0.39 is 6.10 Å². The van der Waals surface area contributed by atoms with Crippen molar-refractivity contribution in [2.45, 2.75) is 13.0 Å². The SMILES string of the molecule is Cc1ccncc1C(O)c1cnns1. The molecule has 0 radical (unpaired) electrons. The number of aliphatic hydroxyl groups is 1. The number of aromatic nitrogens is 3. The van der Waals surface area contributed by atoms with Gasteiger partial charge in [0.2, 0.25) is 0 Å². The number of aryl methyl sites for hydroxylation is 1. The Morgan fingerprint density at radius 3 is 2.93 bits per heavy atom. The molecule has 1 unspecified atom stereocenters. The summed E-state index contributed by atoms with van der Waals surface area (Å²) < 4.78 is 3.71. The maximum absolute atomic E-state index is 9.95. The van der Waals surface area contributed by atoms with E-state index >= 15 is 0 Å². The summed E-state index contributed by atoms with van der Waals surface area (Å²) in [6, 6.07) is 1.87. The van der Waals surface area contributed by atoms with E-state index in [4.69, 9.17) is 0 Å². The van der Waals surface area contributed by atoms with Gasteiger partial charge in [0.25, 0.3) is 0 Å². The van der Waals surface area contributed by atoms with Crippen molar-refractivity contribution in [2.24, 2.45) is 0 Å². The number of hydrogen-bond donors (Lipinski definition) is 1. The zero-order valence-corrected chi connectivity index (χ0v) is 8.40. The molecule has 72 valence electrons. The van der Waals surface area contributed by atoms with Gasteiger partial charge in [-0.25, -0.2) is 0 Å². The fourth-order valence-electron chi connectivity index (χ4n) is 1.21. The minimum Gasteiger partial charge on any atom is -0.383 e. The molecule has 1 atom stereocenters. The minimum atomic E-state index is -0.663. The minimum absolute atomic E-state index is 0.663. The Bertz CT molecular complexity index is 416. The van der Waals surface area contributed by atoms with Crippen LogP contribution in [-0.4, -0.2) is 19.7 Å². The molecule has 0 fully saturated rings. The summed E-state index contributed by atoms with van der Waals surface area (Å²) in [4.78, 5) is 4.72. The summed E-state index contributed by atoms with van der Waals surface area (Å²) in [5.41, 5.74) is 1.82. The van der Waals surface area contributed by atoms with Crippen molar-refractivity contribution in [3.05, 3.63) is 40.7 Å². The Balaban J connectivity index is 2.37. The standard InChI is InChI=1S/C9H9N3OS/c1-6-2-3-10-4-7(6)9(13)8-5-11-12-14-8/h2-5,9,13H,1H3. The second-order valence-corrected chi connectivity index (χ2v) is 3.77. The van der Waals surface area contributed by atoms with Crippen molar-refractivity contribution >= 4 is 11.5 Å². The van der Waals surface area contributed by atoms with E-state index in [-0.39, 0.29) is 0 Å². The van der Waals surface area contributed by atoms with Crippen LogP contribution >= 0.6 is 11.5 Å². The molecule has 0 saturated carbocycles. The van der Waals surface area contributed by atoms with Gasteiger partial charge in [-0.3, -0.25) is 4.98 Å². The number of nitrogens with zero attached hydrogens (tertiary/aromatic N) is 3. The summed E-state index contributed by atoms with van der Waals surface area (Å²) in [5.74, 6) is 0. The molecule has 0 aliphatic heterocycles. The Morgan fingerprint density at radius 1 is 1.43 bits per heavy atom. The van der Waals surface area contributed by atoms with Crippen LogP contribution < -0.4 is 0 Å². The fraction of sp³-hybridized carbons (Fsp3) is 0.222. The first-order valence-corrected chi connectivity index (χ1v) is 4.92. The van der Waals surface area contributed by atoms with E-state index in [0.29, 0.717) is 0 Å². The van der Waals surface area contributed by atoms with Crippen molar-refractivity contribution in [2.75, 3.05) is 0 Å². The molecule has 2 aromatic rings. The van der Waals surface area contributed by atoms with Gasteiger partial charge >= 0.3 is 0 Å². The summed E-state index contributed by atoms with van der Waals surface area (Å²) >= 11 is 1.20. The van der Waals surface area contributed by atoms with Gasteiger partial charge in [0.05, 0.1) is 11.1 Å². The fourth-order valence-corrected chi connectivity index (χ4v) is 1.72. The predicted octanol–water partition coefficient (Wildman–Crippen LogP) is 1.32. The van der Waals surface area contributed by atoms with Crippen LogP contribution in [0.4, 0.5) is 0 Å². The van der Waals surface area contributed by atoms with E-state index in [1.807, 2.05) is 13.0 Å². The van der Waals surface area contributed by atoms with E-state index in [9.17, 15) is 5.11 Å². The second kappa shape index (κ2) is 3.81. The summed E-state index contributed by atoms with van der Waals surface area (Å²) in [6.45, 7) is 1.94. The first-order chi connectivity index (χ1) is 6.79. The molecular formula is C9H9N3OS. The van der Waals surface area contributed by atoms with Crippen molar-refractivity contribution in [3.63, 3.8) is 0 Å². The molecule has 0 bridgehead atoms. The monoisotopic (exact) mass is 207 g/mol. The Hall–Kier alpha value is -1.33. The van der Waals surface area contributed by atoms with E-state index in [0.717, 1.165) is 16.0 Å². The van der Waals surface area contributed by atoms with Crippen LogP contribution in [0.1, 0.15) is 22.1 Å². The lowest BCUT2D eigenvalue weighted by Gasteiger charge is -2.09. The average molecular weight is 207 g/mol. The molecule has 0 aromatic carbocycles. The van der Waals surface area contributed by atoms with Crippen LogP contribution in [-0.2, 0) is 0 Å². The molecule has 2 aromatic heterocycles. The molecule has 4 nitrogen and oxygen atoms in total. The third-order valence-corrected chi connectivity index (χ3v) is 2.74. The van der Waals surface area contributed by atoms with Crippen molar-refractivity contribution in [1.82, 2.24) is 14.6 Å². The van der Waals surface area contributed by atoms with Gasteiger partial charge in [0.1, 0.15) is 6.10 Å². The lowest BCUT2D eigenvalue weighted by Crippen LogP contribution is -2.00. The zero-order chi connectivity index (χ0) is 9.97. The number of hydrogen-bond acceptors (Lipinski definition) is 5. The first kappa shape index (κ1) is 9.23. The maximum Gasteiger partial charge on any atom is 0.118 e. The summed E-state index contributed by atoms with van der Waals surface area (Å²) in [6.07, 6.45) is 4.28. The number of pyridine rings is 1. The number of aliphatic hydroxyl groups excluding tert-OH is 1. The third-order valence-electron chi connectivity index (χ3n) is 2.02. The average Bonchev–Trinajstić information content (AvgIpc) is 2.70. The van der Waals surface area contributed by atoms with Crippen molar-refractivity contribution < 1.29 is 5.11 Å². The summed E-state index contributed by atoms with van der Waals surface area (Å²) in [5, 5.41) is 13.6. The largest absolute Gasteiger partial charge is 0.383 e. The Kier molecular flexibility index (Phi) is 2.51. The topological polar surface area (TPSA) is 58.9 Å². The van der Waals surface area contributed by atoms with Gasteiger partial charge in [-0.2, -0.15) is 0 Å². The van der Waals surface area contributed by atoms with Gasteiger partial charge in [-0.15, -0.1) is 5.10 Å². The van der Waals surface area contributed by atoms with Gasteiger partial charge in [-0.05, 0) is 30.1 Å². The van der Waals surface area contributed by atoms with Gasteiger partial charge in [0.15, 0.2) is 0 Å². The molecule has 2 rings (SSSR count). The lowest BCUT2D eigenvalue weighted by molar-refractivity contribution is 0.222. The first-order valence-electron chi connectivity index (χ1n) is 4.15. The predicted molar refractivity (Wildman–Crippen MR) is 52.9 cm³/mol. The molecular weight excluding hydrogens is 198 g/mol. The molecule has 0 aliphatic rings. The van der Waals surface area contributed by atoms with Crippen LogP contribution in [0.3, 0.4) is 0 Å². The highest BCUT2D eigenvalue weighted by molar-refractivity contribution is 7.05. The molecule has 0 saturated heterocycles. The van der Waals surface area contributed by atoms with Gasteiger partial charge in [0, 0.05) is 18.0 Å². The van der Waals surface area contributed by atoms with E-state index in [1.165, 1.54) is 11.5 Å². The normalized spacial score (nSPS) is 12.7. The lowest BCUT2D eigenvalue weighted by atomic mass is 10.1. The van der Waals surface area contributed by atoms with E-state index in [2.05, 4.69) is 14.6 Å². The third kappa shape index (κ3) is 1.64. The smallest absolute Gasteiger partial charge is 0.118 e. The van der Waals surface area contributed by atoms with Gasteiger partial charge < -0.3 is 5.11 Å². The molecule has 0 amide bonds. The van der Waals surface area contributed by atoms with Crippen LogP contribution in [0.2, 0.25) is 0 Å². The molecule has 0 spiro atoms. The Labute approximate surface area is 85.4 Å². The van der Waals surface area contributed by atoms with Crippen LogP contribution in [0.5, 0.6) is 0 Å². The quantitative estimate of drug-likeness (QED) is 0.807. The van der Waals surface area contributed by atoms with Crippen LogP contribution in [0, 0.1) is 6.92 Å². The van der Waals surface area contributed by atoms with E-state index in [1.54, 1.807) is 18.6 Å². The van der Waals surface area contributed by atoms with Gasteiger partial charge in [-0.1, -0.05) is 4.49 Å². The summed E-state index contributed by atoms with van der Waals surface area (Å²) in [7, 11) is 0. The molecule has 1 N–H and O–H groups in total. The molecule has 5 heteroatoms. The molecule has 0 aliphatic carbocycles. The second-order valence-electron chi connectivity index (χ2n) is 2.95. The number of rotatable bonds is 2. The molecule has 14 heavy (non-hydrogen) atoms. The molecule has 2 heterocycles. The Morgan fingerprint density at radius 2 is 2.29 bits per heavy atom. The van der Waals surface area contributed by atoms with Crippen molar-refractivity contribution in [1.29, 1.82) is 0 Å². The highest BCUT2D eigenvalue weighted by Crippen LogP contribution is 2.24.